The van der Waals surface area contributed by atoms with Crippen molar-refractivity contribution < 1.29 is 4.74 Å². The lowest BCUT2D eigenvalue weighted by molar-refractivity contribution is 0.0480. The maximum atomic E-state index is 5.68. The average molecular weight is 227 g/mol. The summed E-state index contributed by atoms with van der Waals surface area (Å²) in [6, 6.07) is 0.583. The van der Waals surface area contributed by atoms with Gasteiger partial charge >= 0.3 is 0 Å². The molecule has 2 heteroatoms. The molecule has 0 heterocycles. The first-order valence-corrected chi connectivity index (χ1v) is 7.09. The molecule has 1 fully saturated rings. The van der Waals surface area contributed by atoms with Gasteiger partial charge in [0.2, 0.25) is 0 Å². The molecule has 0 spiro atoms. The molecule has 1 aliphatic carbocycles. The lowest BCUT2D eigenvalue weighted by atomic mass is 9.99. The Hall–Kier alpha value is -0.0800. The Morgan fingerprint density at radius 3 is 2.44 bits per heavy atom. The Morgan fingerprint density at radius 2 is 1.94 bits per heavy atom. The highest BCUT2D eigenvalue weighted by atomic mass is 16.5. The fraction of sp³-hybridized carbons (Fsp3) is 1.00. The Balaban J connectivity index is 2.26. The van der Waals surface area contributed by atoms with Crippen LogP contribution in [-0.2, 0) is 4.74 Å². The summed E-state index contributed by atoms with van der Waals surface area (Å²) >= 11 is 0. The number of hydrogen-bond donors (Lipinski definition) is 1. The van der Waals surface area contributed by atoms with Gasteiger partial charge in [-0.3, -0.25) is 0 Å². The number of hydrogen-bond acceptors (Lipinski definition) is 2. The highest BCUT2D eigenvalue weighted by Gasteiger charge is 2.36. The van der Waals surface area contributed by atoms with Crippen molar-refractivity contribution in [2.45, 2.75) is 70.9 Å². The average Bonchev–Trinajstić information content (AvgIpc) is 3.09. The smallest absolute Gasteiger partial charge is 0.0752 e. The summed E-state index contributed by atoms with van der Waals surface area (Å²) in [7, 11) is 1.87. The molecule has 0 aliphatic heterocycles. The van der Waals surface area contributed by atoms with Crippen LogP contribution in [0.4, 0.5) is 0 Å². The normalized spacial score (nSPS) is 19.7. The van der Waals surface area contributed by atoms with Gasteiger partial charge in [-0.15, -0.1) is 0 Å². The third-order valence-electron chi connectivity index (χ3n) is 3.59. The van der Waals surface area contributed by atoms with Crippen molar-refractivity contribution in [3.05, 3.63) is 0 Å². The highest BCUT2D eigenvalue weighted by Crippen LogP contribution is 2.36. The van der Waals surface area contributed by atoms with Crippen molar-refractivity contribution in [3.63, 3.8) is 0 Å². The molecule has 0 aromatic rings. The van der Waals surface area contributed by atoms with E-state index >= 15 is 0 Å². The van der Waals surface area contributed by atoms with E-state index in [0.717, 1.165) is 12.5 Å². The zero-order valence-corrected chi connectivity index (χ0v) is 11.3. The van der Waals surface area contributed by atoms with Crippen molar-refractivity contribution in [1.29, 1.82) is 0 Å². The first-order valence-electron chi connectivity index (χ1n) is 7.09. The topological polar surface area (TPSA) is 21.3 Å². The third kappa shape index (κ3) is 4.84. The van der Waals surface area contributed by atoms with Gasteiger partial charge in [0.25, 0.3) is 0 Å². The molecule has 0 aromatic heterocycles. The SMILES string of the molecule is CCCCCCC(NCC)C(OC)C1CC1. The maximum absolute atomic E-state index is 5.68. The van der Waals surface area contributed by atoms with Crippen LogP contribution in [0.1, 0.15) is 58.8 Å². The molecular formula is C14H29NO. The van der Waals surface area contributed by atoms with Crippen LogP contribution in [0.2, 0.25) is 0 Å². The second kappa shape index (κ2) is 8.08. The van der Waals surface area contributed by atoms with Gasteiger partial charge < -0.3 is 10.1 Å². The fourth-order valence-corrected chi connectivity index (χ4v) is 2.55. The Kier molecular flexibility index (Phi) is 7.06. The molecule has 0 aromatic carbocycles. The lowest BCUT2D eigenvalue weighted by Crippen LogP contribution is -2.42. The van der Waals surface area contributed by atoms with Gasteiger partial charge in [-0.05, 0) is 31.7 Å². The van der Waals surface area contributed by atoms with E-state index in [4.69, 9.17) is 4.74 Å². The fourth-order valence-electron chi connectivity index (χ4n) is 2.55. The van der Waals surface area contributed by atoms with E-state index in [9.17, 15) is 0 Å². The summed E-state index contributed by atoms with van der Waals surface area (Å²) in [5.74, 6) is 0.834. The summed E-state index contributed by atoms with van der Waals surface area (Å²) in [4.78, 5) is 0. The molecule has 1 rings (SSSR count). The minimum Gasteiger partial charge on any atom is -0.380 e. The van der Waals surface area contributed by atoms with E-state index in [1.165, 1.54) is 44.9 Å². The number of rotatable bonds is 10. The number of nitrogens with one attached hydrogen (secondary N) is 1. The molecular weight excluding hydrogens is 198 g/mol. The predicted octanol–water partition coefficient (Wildman–Crippen LogP) is 3.36. The molecule has 0 saturated heterocycles. The predicted molar refractivity (Wildman–Crippen MR) is 69.7 cm³/mol. The van der Waals surface area contributed by atoms with Crippen LogP contribution < -0.4 is 5.32 Å². The van der Waals surface area contributed by atoms with E-state index in [1.807, 2.05) is 7.11 Å². The van der Waals surface area contributed by atoms with Crippen LogP contribution >= 0.6 is 0 Å². The first kappa shape index (κ1) is 14.0. The van der Waals surface area contributed by atoms with E-state index in [2.05, 4.69) is 19.2 Å². The van der Waals surface area contributed by atoms with Gasteiger partial charge in [-0.2, -0.15) is 0 Å². The number of ether oxygens (including phenoxy) is 1. The lowest BCUT2D eigenvalue weighted by Gasteiger charge is -2.26. The van der Waals surface area contributed by atoms with Crippen LogP contribution in [-0.4, -0.2) is 25.8 Å². The molecule has 0 amide bonds. The van der Waals surface area contributed by atoms with E-state index < -0.39 is 0 Å². The van der Waals surface area contributed by atoms with Gasteiger partial charge in [0.15, 0.2) is 0 Å². The van der Waals surface area contributed by atoms with Crippen molar-refractivity contribution in [1.82, 2.24) is 5.32 Å². The second-order valence-electron chi connectivity index (χ2n) is 5.05. The minimum absolute atomic E-state index is 0.460. The van der Waals surface area contributed by atoms with Crippen molar-refractivity contribution in [3.8, 4) is 0 Å². The van der Waals surface area contributed by atoms with Gasteiger partial charge in [-0.1, -0.05) is 39.5 Å². The van der Waals surface area contributed by atoms with Crippen LogP contribution in [0.15, 0.2) is 0 Å². The van der Waals surface area contributed by atoms with Crippen LogP contribution in [0.5, 0.6) is 0 Å². The van der Waals surface area contributed by atoms with E-state index in [1.54, 1.807) is 0 Å². The Morgan fingerprint density at radius 1 is 1.19 bits per heavy atom. The monoisotopic (exact) mass is 227 g/mol. The Labute approximate surface area is 101 Å². The standard InChI is InChI=1S/C14H29NO/c1-4-6-7-8-9-13(15-5-2)14(16-3)12-10-11-12/h12-15H,4-11H2,1-3H3. The van der Waals surface area contributed by atoms with Gasteiger partial charge in [0.1, 0.15) is 0 Å². The van der Waals surface area contributed by atoms with Crippen molar-refractivity contribution >= 4 is 0 Å². The minimum atomic E-state index is 0.460. The summed E-state index contributed by atoms with van der Waals surface area (Å²) < 4.78 is 5.68. The largest absolute Gasteiger partial charge is 0.380 e. The van der Waals surface area contributed by atoms with Crippen LogP contribution in [0.3, 0.4) is 0 Å². The summed E-state index contributed by atoms with van der Waals surface area (Å²) in [5.41, 5.74) is 0. The van der Waals surface area contributed by atoms with Crippen molar-refractivity contribution in [2.24, 2.45) is 5.92 Å². The van der Waals surface area contributed by atoms with Gasteiger partial charge in [-0.25, -0.2) is 0 Å². The zero-order chi connectivity index (χ0) is 11.8. The third-order valence-corrected chi connectivity index (χ3v) is 3.59. The van der Waals surface area contributed by atoms with Crippen molar-refractivity contribution in [2.75, 3.05) is 13.7 Å². The quantitative estimate of drug-likeness (QED) is 0.578. The number of methoxy groups -OCH3 is 1. The first-order chi connectivity index (χ1) is 7.83. The maximum Gasteiger partial charge on any atom is 0.0752 e. The molecule has 2 atom stereocenters. The summed E-state index contributed by atoms with van der Waals surface area (Å²) in [6.45, 7) is 5.52. The van der Waals surface area contributed by atoms with Crippen LogP contribution in [0.25, 0.3) is 0 Å². The van der Waals surface area contributed by atoms with E-state index in [-0.39, 0.29) is 0 Å². The zero-order valence-electron chi connectivity index (χ0n) is 11.3. The molecule has 1 saturated carbocycles. The molecule has 2 nitrogen and oxygen atoms in total. The van der Waals surface area contributed by atoms with Crippen LogP contribution in [0, 0.1) is 5.92 Å². The molecule has 1 N–H and O–H groups in total. The molecule has 2 unspecified atom stereocenters. The van der Waals surface area contributed by atoms with Gasteiger partial charge in [0, 0.05) is 13.2 Å². The van der Waals surface area contributed by atoms with E-state index in [0.29, 0.717) is 12.1 Å². The summed E-state index contributed by atoms with van der Waals surface area (Å²) in [5, 5.41) is 3.61. The molecule has 0 bridgehead atoms. The Bertz CT molecular complexity index is 168. The molecule has 0 radical (unpaired) electrons. The molecule has 16 heavy (non-hydrogen) atoms. The summed E-state index contributed by atoms with van der Waals surface area (Å²) in [6.07, 6.45) is 9.90. The number of likely N-dealkylation sites (N-methyl/N-ethyl adjacent to an activating group) is 1. The second-order valence-corrected chi connectivity index (χ2v) is 5.05. The number of unbranched alkanes of at least 4 members (excludes halogenated alkanes) is 3. The molecule has 1 aliphatic rings. The van der Waals surface area contributed by atoms with Gasteiger partial charge in [0.05, 0.1) is 6.10 Å². The highest BCUT2D eigenvalue weighted by molar-refractivity contribution is 4.90. The molecule has 96 valence electrons.